The first-order chi connectivity index (χ1) is 29.9. The number of hydrogen-bond acceptors (Lipinski definition) is 9. The Labute approximate surface area is 361 Å². The SMILES string of the molecule is COc1ccc(N2c3ccccc3Sc3cc(/C=C/c4nc5ccc(C(=O)O)cc5nc4/C=C/c4ccc5c(c4)Sc4ccccc4N5c4ccc(OC)cc4)ccc32)cc1. The van der Waals surface area contributed by atoms with Crippen LogP contribution in [-0.4, -0.2) is 35.3 Å². The summed E-state index contributed by atoms with van der Waals surface area (Å²) in [5.41, 5.74) is 11.1. The fraction of sp³-hybridized carbons (Fsp3) is 0.0392. The number of aromatic carboxylic acids is 1. The molecule has 0 bridgehead atoms. The zero-order valence-electron chi connectivity index (χ0n) is 33.0. The van der Waals surface area contributed by atoms with Crippen molar-refractivity contribution in [2.75, 3.05) is 24.0 Å². The molecule has 0 amide bonds. The van der Waals surface area contributed by atoms with Crippen LogP contribution >= 0.6 is 23.5 Å². The van der Waals surface area contributed by atoms with Crippen LogP contribution in [0.2, 0.25) is 0 Å². The molecule has 296 valence electrons. The first kappa shape index (κ1) is 38.0. The van der Waals surface area contributed by atoms with Gasteiger partial charge in [0.15, 0.2) is 0 Å². The molecule has 0 saturated heterocycles. The van der Waals surface area contributed by atoms with E-state index in [1.54, 1.807) is 55.9 Å². The maximum absolute atomic E-state index is 11.9. The molecule has 1 aromatic heterocycles. The van der Waals surface area contributed by atoms with E-state index in [0.29, 0.717) is 22.4 Å². The summed E-state index contributed by atoms with van der Waals surface area (Å²) in [6.07, 6.45) is 8.02. The van der Waals surface area contributed by atoms with Gasteiger partial charge in [-0.2, -0.15) is 0 Å². The number of nitrogens with zero attached hydrogens (tertiary/aromatic N) is 4. The molecule has 8 nitrogen and oxygen atoms in total. The minimum Gasteiger partial charge on any atom is -0.497 e. The van der Waals surface area contributed by atoms with Crippen LogP contribution in [0.5, 0.6) is 11.5 Å². The van der Waals surface area contributed by atoms with E-state index in [-0.39, 0.29) is 5.56 Å². The molecule has 2 aliphatic heterocycles. The number of benzene rings is 7. The van der Waals surface area contributed by atoms with E-state index in [4.69, 9.17) is 19.4 Å². The van der Waals surface area contributed by atoms with E-state index >= 15 is 0 Å². The van der Waals surface area contributed by atoms with Crippen molar-refractivity contribution in [3.8, 4) is 11.5 Å². The largest absolute Gasteiger partial charge is 0.497 e. The van der Waals surface area contributed by atoms with E-state index in [1.807, 2.05) is 42.5 Å². The van der Waals surface area contributed by atoms with Crippen LogP contribution in [0, 0.1) is 0 Å². The molecule has 10 rings (SSSR count). The van der Waals surface area contributed by atoms with Crippen molar-refractivity contribution in [1.82, 2.24) is 9.97 Å². The van der Waals surface area contributed by atoms with Crippen LogP contribution in [0.3, 0.4) is 0 Å². The molecule has 0 saturated carbocycles. The number of carboxylic acid groups (broad SMARTS) is 1. The third kappa shape index (κ3) is 7.37. The first-order valence-corrected chi connectivity index (χ1v) is 21.2. The standard InChI is InChI=1S/C51H36N4O4S2/c1-58-37-20-16-35(17-21-37)54-43-7-3-5-9-47(43)60-49-29-32(13-27-45(49)54)11-24-39-40(53-42-31-34(51(56)57)15-26-41(42)52-39)25-12-33-14-28-46-50(30-33)61-48-10-6-4-8-44(48)55(46)36-18-22-38(59-2)23-19-36/h3-31H,1-2H3,(H,56,57)/b24-11+,25-12+. The van der Waals surface area contributed by atoms with Crippen molar-refractivity contribution < 1.29 is 19.4 Å². The van der Waals surface area contributed by atoms with Gasteiger partial charge in [-0.15, -0.1) is 0 Å². The number of para-hydroxylation sites is 2. The topological polar surface area (TPSA) is 88.0 Å². The molecule has 2 aliphatic rings. The molecule has 0 spiro atoms. The third-order valence-electron chi connectivity index (χ3n) is 10.6. The molecule has 3 heterocycles. The Balaban J connectivity index is 1.00. The lowest BCUT2D eigenvalue weighted by molar-refractivity contribution is 0.0697. The minimum absolute atomic E-state index is 0.158. The molecule has 0 unspecified atom stereocenters. The lowest BCUT2D eigenvalue weighted by Crippen LogP contribution is -2.14. The first-order valence-electron chi connectivity index (χ1n) is 19.5. The summed E-state index contributed by atoms with van der Waals surface area (Å²) < 4.78 is 10.9. The number of rotatable bonds is 9. The van der Waals surface area contributed by atoms with Crippen LogP contribution in [0.1, 0.15) is 32.9 Å². The van der Waals surface area contributed by atoms with Gasteiger partial charge in [0.2, 0.25) is 0 Å². The van der Waals surface area contributed by atoms with Crippen LogP contribution in [0.4, 0.5) is 34.1 Å². The Hall–Kier alpha value is -7.27. The summed E-state index contributed by atoms with van der Waals surface area (Å²) >= 11 is 3.49. The Morgan fingerprint density at radius 1 is 0.508 bits per heavy atom. The summed E-state index contributed by atoms with van der Waals surface area (Å²) in [5, 5.41) is 9.75. The summed E-state index contributed by atoms with van der Waals surface area (Å²) in [6, 6.07) is 50.8. The molecule has 1 N–H and O–H groups in total. The van der Waals surface area contributed by atoms with Gasteiger partial charge in [-0.25, -0.2) is 14.8 Å². The second-order valence-corrected chi connectivity index (χ2v) is 16.5. The Kier molecular flexibility index (Phi) is 10.00. The maximum Gasteiger partial charge on any atom is 0.335 e. The van der Waals surface area contributed by atoms with E-state index in [0.717, 1.165) is 71.4 Å². The summed E-state index contributed by atoms with van der Waals surface area (Å²) in [6.45, 7) is 0. The van der Waals surface area contributed by atoms with Crippen molar-refractivity contribution in [3.63, 3.8) is 0 Å². The average molecular weight is 833 g/mol. The Morgan fingerprint density at radius 2 is 0.967 bits per heavy atom. The summed E-state index contributed by atoms with van der Waals surface area (Å²) in [7, 11) is 3.35. The van der Waals surface area contributed by atoms with Gasteiger partial charge in [0, 0.05) is 31.0 Å². The Morgan fingerprint density at radius 3 is 1.44 bits per heavy atom. The molecular formula is C51H36N4O4S2. The molecule has 0 fully saturated rings. The predicted molar refractivity (Wildman–Crippen MR) is 248 cm³/mol. The zero-order valence-corrected chi connectivity index (χ0v) is 34.7. The van der Waals surface area contributed by atoms with Crippen LogP contribution in [0.15, 0.2) is 171 Å². The molecule has 61 heavy (non-hydrogen) atoms. The van der Waals surface area contributed by atoms with Crippen LogP contribution < -0.4 is 19.3 Å². The van der Waals surface area contributed by atoms with E-state index in [1.165, 1.54) is 4.90 Å². The third-order valence-corrected chi connectivity index (χ3v) is 12.8. The number of carbonyl (C=O) groups is 1. The van der Waals surface area contributed by atoms with Gasteiger partial charge in [0.25, 0.3) is 0 Å². The quantitative estimate of drug-likeness (QED) is 0.152. The van der Waals surface area contributed by atoms with Gasteiger partial charge in [0.1, 0.15) is 11.5 Å². The predicted octanol–water partition coefficient (Wildman–Crippen LogP) is 13.6. The molecule has 7 aromatic carbocycles. The summed E-state index contributed by atoms with van der Waals surface area (Å²) in [4.78, 5) is 31.0. The number of hydrogen-bond donors (Lipinski definition) is 1. The number of ether oxygens (including phenoxy) is 2. The lowest BCUT2D eigenvalue weighted by atomic mass is 10.1. The van der Waals surface area contributed by atoms with Crippen molar-refractivity contribution in [2.45, 2.75) is 19.6 Å². The lowest BCUT2D eigenvalue weighted by Gasteiger charge is -2.33. The van der Waals surface area contributed by atoms with Gasteiger partial charge in [-0.3, -0.25) is 0 Å². The second kappa shape index (κ2) is 16.1. The Bertz CT molecular complexity index is 3060. The van der Waals surface area contributed by atoms with Crippen molar-refractivity contribution in [2.24, 2.45) is 0 Å². The molecular weight excluding hydrogens is 797 g/mol. The van der Waals surface area contributed by atoms with Crippen molar-refractivity contribution >= 4 is 99.0 Å². The number of fused-ring (bicyclic) bond motifs is 5. The monoisotopic (exact) mass is 832 g/mol. The van der Waals surface area contributed by atoms with Gasteiger partial charge in [-0.05, 0) is 139 Å². The maximum atomic E-state index is 11.9. The highest BCUT2D eigenvalue weighted by molar-refractivity contribution is 8.00. The van der Waals surface area contributed by atoms with Crippen LogP contribution in [-0.2, 0) is 0 Å². The normalized spacial score (nSPS) is 12.9. The van der Waals surface area contributed by atoms with Gasteiger partial charge in [-0.1, -0.05) is 72.1 Å². The average Bonchev–Trinajstić information content (AvgIpc) is 3.30. The molecule has 0 radical (unpaired) electrons. The highest BCUT2D eigenvalue weighted by Gasteiger charge is 2.26. The zero-order chi connectivity index (χ0) is 41.5. The highest BCUT2D eigenvalue weighted by atomic mass is 32.2. The second-order valence-electron chi connectivity index (χ2n) is 14.3. The van der Waals surface area contributed by atoms with Gasteiger partial charge < -0.3 is 24.4 Å². The van der Waals surface area contributed by atoms with Crippen LogP contribution in [0.25, 0.3) is 35.3 Å². The van der Waals surface area contributed by atoms with Crippen molar-refractivity contribution in [1.29, 1.82) is 0 Å². The van der Waals surface area contributed by atoms with Gasteiger partial charge in [0.05, 0.1) is 65.0 Å². The fourth-order valence-corrected chi connectivity index (χ4v) is 9.80. The van der Waals surface area contributed by atoms with E-state index in [9.17, 15) is 9.90 Å². The summed E-state index contributed by atoms with van der Waals surface area (Å²) in [5.74, 6) is 0.599. The number of aromatic nitrogens is 2. The molecule has 0 aliphatic carbocycles. The number of methoxy groups -OCH3 is 2. The highest BCUT2D eigenvalue weighted by Crippen LogP contribution is 2.53. The molecule has 10 heteroatoms. The fourth-order valence-electron chi connectivity index (χ4n) is 7.58. The smallest absolute Gasteiger partial charge is 0.335 e. The number of anilines is 6. The number of carboxylic acids is 1. The molecule has 8 aromatic rings. The minimum atomic E-state index is -1.01. The van der Waals surface area contributed by atoms with Gasteiger partial charge >= 0.3 is 5.97 Å². The van der Waals surface area contributed by atoms with Crippen molar-refractivity contribution in [3.05, 3.63) is 180 Å². The van der Waals surface area contributed by atoms with E-state index < -0.39 is 5.97 Å². The molecule has 0 atom stereocenters. The van der Waals surface area contributed by atoms with E-state index in [2.05, 4.69) is 125 Å².